The summed E-state index contributed by atoms with van der Waals surface area (Å²) in [6.07, 6.45) is 7.07. The lowest BCUT2D eigenvalue weighted by Gasteiger charge is -2.14. The fraction of sp³-hybridized carbons (Fsp3) is 0.500. The molecule has 0 fully saturated rings. The Hall–Kier alpha value is -1.04. The smallest absolute Gasteiger partial charge is 0.181 e. The van der Waals surface area contributed by atoms with Crippen LogP contribution in [-0.4, -0.2) is 31.2 Å². The Labute approximate surface area is 77.9 Å². The van der Waals surface area contributed by atoms with Crippen LogP contribution in [0.4, 0.5) is 0 Å². The summed E-state index contributed by atoms with van der Waals surface area (Å²) >= 11 is 0. The first-order valence-corrected chi connectivity index (χ1v) is 4.31. The molecule has 0 aromatic heterocycles. The van der Waals surface area contributed by atoms with Crippen molar-refractivity contribution in [3.63, 3.8) is 0 Å². The van der Waals surface area contributed by atoms with Crippen molar-refractivity contribution >= 4 is 0 Å². The molecule has 1 unspecified atom stereocenters. The maximum Gasteiger partial charge on any atom is 0.181 e. The van der Waals surface area contributed by atoms with Crippen molar-refractivity contribution in [1.82, 2.24) is 21.3 Å². The zero-order valence-electron chi connectivity index (χ0n) is 7.46. The maximum absolute atomic E-state index is 8.64. The van der Waals surface area contributed by atoms with Crippen LogP contribution in [0, 0.1) is 0 Å². The average molecular weight is 184 g/mol. The van der Waals surface area contributed by atoms with Crippen molar-refractivity contribution in [3.05, 3.63) is 24.6 Å². The second-order valence-electron chi connectivity index (χ2n) is 2.62. The Morgan fingerprint density at radius 3 is 2.23 bits per heavy atom. The third-order valence-corrected chi connectivity index (χ3v) is 1.53. The lowest BCUT2D eigenvalue weighted by Crippen LogP contribution is -2.42. The number of nitrogens with one attached hydrogen (secondary N) is 4. The van der Waals surface area contributed by atoms with Gasteiger partial charge in [-0.05, 0) is 12.4 Å². The van der Waals surface area contributed by atoms with Gasteiger partial charge in [0.1, 0.15) is 0 Å². The van der Waals surface area contributed by atoms with Crippen molar-refractivity contribution in [3.8, 4) is 0 Å². The summed E-state index contributed by atoms with van der Waals surface area (Å²) in [7, 11) is 0. The zero-order valence-corrected chi connectivity index (χ0v) is 7.46. The van der Waals surface area contributed by atoms with Crippen LogP contribution in [0.3, 0.4) is 0 Å². The summed E-state index contributed by atoms with van der Waals surface area (Å²) in [5, 5.41) is 20.1. The largest absolute Gasteiger partial charge is 0.379 e. The fourth-order valence-electron chi connectivity index (χ4n) is 0.886. The minimum absolute atomic E-state index is 0.551. The van der Waals surface area contributed by atoms with E-state index in [0.717, 1.165) is 19.8 Å². The summed E-state index contributed by atoms with van der Waals surface area (Å²) in [5.41, 5.74) is 0. The van der Waals surface area contributed by atoms with Crippen molar-refractivity contribution in [2.45, 2.75) is 6.35 Å². The highest BCUT2D eigenvalue weighted by Gasteiger charge is 1.97. The SMILES string of the molecule is C1=CNCNC1.OC1NC=CCN1. The zero-order chi connectivity index (χ0) is 9.36. The number of hydrogen-bond donors (Lipinski definition) is 5. The molecule has 2 rings (SSSR count). The van der Waals surface area contributed by atoms with E-state index in [2.05, 4.69) is 21.3 Å². The molecule has 0 bridgehead atoms. The van der Waals surface area contributed by atoms with Crippen molar-refractivity contribution < 1.29 is 5.11 Å². The number of rotatable bonds is 0. The van der Waals surface area contributed by atoms with E-state index in [-0.39, 0.29) is 0 Å². The van der Waals surface area contributed by atoms with E-state index in [9.17, 15) is 0 Å². The van der Waals surface area contributed by atoms with Gasteiger partial charge in [-0.15, -0.1) is 0 Å². The highest BCUT2D eigenvalue weighted by molar-refractivity contribution is 4.86. The Balaban J connectivity index is 0.000000132. The molecule has 0 saturated carbocycles. The van der Waals surface area contributed by atoms with Gasteiger partial charge in [-0.2, -0.15) is 0 Å². The van der Waals surface area contributed by atoms with Crippen LogP contribution in [-0.2, 0) is 0 Å². The molecule has 0 aromatic carbocycles. The van der Waals surface area contributed by atoms with Gasteiger partial charge < -0.3 is 15.7 Å². The predicted octanol–water partition coefficient (Wildman–Crippen LogP) is -1.38. The van der Waals surface area contributed by atoms with Gasteiger partial charge in [0.2, 0.25) is 0 Å². The van der Waals surface area contributed by atoms with E-state index in [1.54, 1.807) is 6.20 Å². The average Bonchev–Trinajstić information content (AvgIpc) is 2.22. The van der Waals surface area contributed by atoms with Gasteiger partial charge in [0, 0.05) is 13.1 Å². The van der Waals surface area contributed by atoms with Gasteiger partial charge in [-0.25, -0.2) is 0 Å². The second kappa shape index (κ2) is 6.47. The van der Waals surface area contributed by atoms with E-state index in [4.69, 9.17) is 5.11 Å². The molecule has 1 atom stereocenters. The third kappa shape index (κ3) is 5.24. The molecule has 5 N–H and O–H groups in total. The second-order valence-corrected chi connectivity index (χ2v) is 2.62. The van der Waals surface area contributed by atoms with Crippen LogP contribution in [0.15, 0.2) is 24.6 Å². The van der Waals surface area contributed by atoms with Crippen LogP contribution >= 0.6 is 0 Å². The minimum atomic E-state index is -0.551. The Kier molecular flexibility index (Phi) is 5.00. The molecular formula is C8H16N4O. The van der Waals surface area contributed by atoms with Gasteiger partial charge in [-0.1, -0.05) is 12.2 Å². The Morgan fingerprint density at radius 1 is 1.15 bits per heavy atom. The first kappa shape index (κ1) is 10.0. The quantitative estimate of drug-likeness (QED) is 0.321. The molecular weight excluding hydrogens is 168 g/mol. The summed E-state index contributed by atoms with van der Waals surface area (Å²) < 4.78 is 0. The molecule has 0 amide bonds. The van der Waals surface area contributed by atoms with E-state index < -0.39 is 6.35 Å². The standard InChI is InChI=1S/C4H8N2O.C4H8N2/c7-4-5-2-1-3-6-4;1-2-5-4-6-3-1/h1-2,4-7H,3H2;1-2,5-6H,3-4H2. The molecule has 5 heteroatoms. The Morgan fingerprint density at radius 2 is 2.00 bits per heavy atom. The summed E-state index contributed by atoms with van der Waals surface area (Å²) in [5.74, 6) is 0. The molecule has 74 valence electrons. The molecule has 0 aliphatic carbocycles. The summed E-state index contributed by atoms with van der Waals surface area (Å²) in [6, 6.07) is 0. The lowest BCUT2D eigenvalue weighted by molar-refractivity contribution is 0.116. The van der Waals surface area contributed by atoms with Crippen LogP contribution in [0.1, 0.15) is 0 Å². The molecule has 0 saturated heterocycles. The number of aliphatic hydroxyl groups excluding tert-OH is 1. The number of hydrogen-bond acceptors (Lipinski definition) is 5. The van der Waals surface area contributed by atoms with Gasteiger partial charge in [0.05, 0.1) is 6.67 Å². The van der Waals surface area contributed by atoms with Gasteiger partial charge >= 0.3 is 0 Å². The van der Waals surface area contributed by atoms with Crippen molar-refractivity contribution in [2.75, 3.05) is 19.8 Å². The Bertz CT molecular complexity index is 173. The number of aliphatic hydroxyl groups is 1. The van der Waals surface area contributed by atoms with Crippen LogP contribution in [0.5, 0.6) is 0 Å². The first-order valence-electron chi connectivity index (χ1n) is 4.31. The maximum atomic E-state index is 8.64. The first-order chi connectivity index (χ1) is 6.39. The highest BCUT2D eigenvalue weighted by atomic mass is 16.3. The van der Waals surface area contributed by atoms with E-state index in [1.165, 1.54) is 0 Å². The predicted molar refractivity (Wildman–Crippen MR) is 51.4 cm³/mol. The topological polar surface area (TPSA) is 68.3 Å². The van der Waals surface area contributed by atoms with E-state index in [0.29, 0.717) is 0 Å². The molecule has 13 heavy (non-hydrogen) atoms. The lowest BCUT2D eigenvalue weighted by atomic mass is 10.5. The van der Waals surface area contributed by atoms with Gasteiger partial charge in [-0.3, -0.25) is 10.6 Å². The molecule has 0 aromatic rings. The van der Waals surface area contributed by atoms with E-state index >= 15 is 0 Å². The van der Waals surface area contributed by atoms with Crippen LogP contribution in [0.2, 0.25) is 0 Å². The molecule has 2 aliphatic rings. The molecule has 5 nitrogen and oxygen atoms in total. The molecule has 0 spiro atoms. The summed E-state index contributed by atoms with van der Waals surface area (Å²) in [4.78, 5) is 0. The van der Waals surface area contributed by atoms with Crippen LogP contribution in [0.25, 0.3) is 0 Å². The van der Waals surface area contributed by atoms with Crippen molar-refractivity contribution in [2.24, 2.45) is 0 Å². The molecule has 2 aliphatic heterocycles. The van der Waals surface area contributed by atoms with E-state index in [1.807, 2.05) is 18.4 Å². The van der Waals surface area contributed by atoms with Crippen LogP contribution < -0.4 is 21.3 Å². The molecule has 2 heterocycles. The molecule has 0 radical (unpaired) electrons. The normalized spacial score (nSPS) is 25.2. The highest BCUT2D eigenvalue weighted by Crippen LogP contribution is 1.77. The monoisotopic (exact) mass is 184 g/mol. The fourth-order valence-corrected chi connectivity index (χ4v) is 0.886. The van der Waals surface area contributed by atoms with Gasteiger partial charge in [0.25, 0.3) is 0 Å². The van der Waals surface area contributed by atoms with Crippen molar-refractivity contribution in [1.29, 1.82) is 0 Å². The van der Waals surface area contributed by atoms with Gasteiger partial charge in [0.15, 0.2) is 6.35 Å². The summed E-state index contributed by atoms with van der Waals surface area (Å²) in [6.45, 7) is 2.66. The minimum Gasteiger partial charge on any atom is -0.379 e. The third-order valence-electron chi connectivity index (χ3n) is 1.53.